The highest BCUT2D eigenvalue weighted by atomic mass is 16.4. The second-order valence-corrected chi connectivity index (χ2v) is 4.87. The summed E-state index contributed by atoms with van der Waals surface area (Å²) in [5.74, 6) is -1.04. The molecule has 1 heterocycles. The third-order valence-electron chi connectivity index (χ3n) is 3.31. The number of nitrogens with zero attached hydrogens (tertiary/aromatic N) is 2. The number of azo groups is 1. The number of phenols is 1. The fraction of sp³-hybridized carbons (Fsp3) is 0. The Balaban J connectivity index is 1.96. The highest BCUT2D eigenvalue weighted by molar-refractivity contribution is 5.87. The van der Waals surface area contributed by atoms with E-state index < -0.39 is 11.5 Å². The maximum absolute atomic E-state index is 11.9. The largest absolute Gasteiger partial charge is 0.507 e. The summed E-state index contributed by atoms with van der Waals surface area (Å²) < 4.78 is 0. The van der Waals surface area contributed by atoms with Gasteiger partial charge in [0.1, 0.15) is 5.75 Å². The van der Waals surface area contributed by atoms with E-state index in [1.807, 2.05) is 0 Å². The maximum Gasteiger partial charge on any atom is 0.335 e. The molecule has 8 nitrogen and oxygen atoms in total. The van der Waals surface area contributed by atoms with Crippen molar-refractivity contribution in [1.29, 1.82) is 0 Å². The number of aromatic carboxylic acids is 1. The standard InChI is InChI=1S/C16H12N4O4/c21-12-4-2-1-3-11(12)13-14(15(22)20-18-13)19-17-10-7-5-9(6-8-10)16(23)24/h1-8,21H,(H,23,24)(H2,18,20,22). The lowest BCUT2D eigenvalue weighted by Crippen LogP contribution is -1.96. The van der Waals surface area contributed by atoms with E-state index in [1.54, 1.807) is 18.2 Å². The van der Waals surface area contributed by atoms with Gasteiger partial charge in [0, 0.05) is 5.56 Å². The maximum atomic E-state index is 11.9. The molecule has 0 bridgehead atoms. The SMILES string of the molecule is O=C(O)c1ccc(N=Nc2c(-c3ccccc3O)[nH][nH]c2=O)cc1. The molecule has 0 fully saturated rings. The molecule has 3 aromatic rings. The third-order valence-corrected chi connectivity index (χ3v) is 3.31. The number of hydrogen-bond acceptors (Lipinski definition) is 5. The number of benzene rings is 2. The Hall–Kier alpha value is -3.68. The van der Waals surface area contributed by atoms with E-state index in [2.05, 4.69) is 20.4 Å². The first-order chi connectivity index (χ1) is 11.6. The Bertz CT molecular complexity index is 970. The minimum Gasteiger partial charge on any atom is -0.507 e. The van der Waals surface area contributed by atoms with Crippen molar-refractivity contribution >= 4 is 17.3 Å². The molecule has 0 aliphatic heterocycles. The smallest absolute Gasteiger partial charge is 0.335 e. The van der Waals surface area contributed by atoms with Crippen molar-refractivity contribution in [3.05, 3.63) is 64.4 Å². The number of carboxylic acid groups (broad SMARTS) is 1. The van der Waals surface area contributed by atoms with Gasteiger partial charge in [0.2, 0.25) is 0 Å². The lowest BCUT2D eigenvalue weighted by atomic mass is 10.1. The Morgan fingerprint density at radius 3 is 2.33 bits per heavy atom. The Labute approximate surface area is 135 Å². The van der Waals surface area contributed by atoms with Crippen LogP contribution in [0.4, 0.5) is 11.4 Å². The van der Waals surface area contributed by atoms with E-state index in [0.717, 1.165) is 0 Å². The summed E-state index contributed by atoms with van der Waals surface area (Å²) in [5.41, 5.74) is 0.764. The lowest BCUT2D eigenvalue weighted by molar-refractivity contribution is 0.0697. The van der Waals surface area contributed by atoms with Crippen molar-refractivity contribution in [2.24, 2.45) is 10.2 Å². The summed E-state index contributed by atoms with van der Waals surface area (Å²) >= 11 is 0. The number of para-hydroxylation sites is 1. The molecule has 0 aliphatic rings. The van der Waals surface area contributed by atoms with Gasteiger partial charge in [0.25, 0.3) is 5.56 Å². The first-order valence-corrected chi connectivity index (χ1v) is 6.90. The zero-order valence-corrected chi connectivity index (χ0v) is 12.2. The molecule has 0 unspecified atom stereocenters. The summed E-state index contributed by atoms with van der Waals surface area (Å²) in [5, 5.41) is 31.7. The molecule has 0 aliphatic carbocycles. The average Bonchev–Trinajstić information content (AvgIpc) is 2.94. The summed E-state index contributed by atoms with van der Waals surface area (Å²) in [6, 6.07) is 12.2. The molecular formula is C16H12N4O4. The zero-order valence-electron chi connectivity index (χ0n) is 12.2. The van der Waals surface area contributed by atoms with E-state index in [9.17, 15) is 14.7 Å². The Morgan fingerprint density at radius 2 is 1.67 bits per heavy atom. The van der Waals surface area contributed by atoms with Crippen LogP contribution in [0.1, 0.15) is 10.4 Å². The molecule has 0 radical (unpaired) electrons. The lowest BCUT2D eigenvalue weighted by Gasteiger charge is -2.01. The van der Waals surface area contributed by atoms with Crippen molar-refractivity contribution in [2.45, 2.75) is 0 Å². The molecule has 0 saturated carbocycles. The first-order valence-electron chi connectivity index (χ1n) is 6.90. The van der Waals surface area contributed by atoms with Crippen molar-refractivity contribution in [2.75, 3.05) is 0 Å². The molecule has 0 spiro atoms. The third kappa shape index (κ3) is 2.93. The van der Waals surface area contributed by atoms with Crippen LogP contribution < -0.4 is 5.56 Å². The molecule has 1 aromatic heterocycles. The number of carbonyl (C=O) groups is 1. The second kappa shape index (κ2) is 6.21. The van der Waals surface area contributed by atoms with Crippen molar-refractivity contribution in [1.82, 2.24) is 10.2 Å². The van der Waals surface area contributed by atoms with Crippen LogP contribution in [0, 0.1) is 0 Å². The van der Waals surface area contributed by atoms with Crippen LogP contribution >= 0.6 is 0 Å². The predicted octanol–water partition coefficient (Wildman–Crippen LogP) is 3.19. The fourth-order valence-corrected chi connectivity index (χ4v) is 2.10. The van der Waals surface area contributed by atoms with Crippen molar-refractivity contribution < 1.29 is 15.0 Å². The number of hydrogen-bond donors (Lipinski definition) is 4. The molecule has 2 aromatic carbocycles. The normalized spacial score (nSPS) is 11.0. The summed E-state index contributed by atoms with van der Waals surface area (Å²) in [6.07, 6.45) is 0. The van der Waals surface area contributed by atoms with Crippen LogP contribution in [0.5, 0.6) is 5.75 Å². The molecular weight excluding hydrogens is 312 g/mol. The number of carboxylic acids is 1. The summed E-state index contributed by atoms with van der Waals surface area (Å²) in [7, 11) is 0. The molecule has 4 N–H and O–H groups in total. The number of H-pyrrole nitrogens is 2. The molecule has 0 amide bonds. The van der Waals surface area contributed by atoms with E-state index >= 15 is 0 Å². The van der Waals surface area contributed by atoms with Crippen LogP contribution in [0.3, 0.4) is 0 Å². The van der Waals surface area contributed by atoms with Crippen LogP contribution in [0.15, 0.2) is 63.6 Å². The van der Waals surface area contributed by atoms with Crippen LogP contribution in [-0.2, 0) is 0 Å². The molecule has 3 rings (SSSR count). The van der Waals surface area contributed by atoms with Gasteiger partial charge in [-0.05, 0) is 36.4 Å². The molecule has 0 atom stereocenters. The second-order valence-electron chi connectivity index (χ2n) is 4.87. The van der Waals surface area contributed by atoms with Gasteiger partial charge >= 0.3 is 5.97 Å². The number of nitrogens with one attached hydrogen (secondary N) is 2. The van der Waals surface area contributed by atoms with Crippen molar-refractivity contribution in [3.8, 4) is 17.0 Å². The minimum atomic E-state index is -1.04. The quantitative estimate of drug-likeness (QED) is 0.549. The summed E-state index contributed by atoms with van der Waals surface area (Å²) in [6.45, 7) is 0. The van der Waals surface area contributed by atoms with Crippen molar-refractivity contribution in [3.63, 3.8) is 0 Å². The monoisotopic (exact) mass is 324 g/mol. The van der Waals surface area contributed by atoms with Gasteiger partial charge in [0.15, 0.2) is 5.69 Å². The van der Waals surface area contributed by atoms with Crippen LogP contribution in [0.25, 0.3) is 11.3 Å². The average molecular weight is 324 g/mol. The van der Waals surface area contributed by atoms with Gasteiger partial charge in [-0.1, -0.05) is 12.1 Å². The number of rotatable bonds is 4. The number of aromatic nitrogens is 2. The fourth-order valence-electron chi connectivity index (χ4n) is 2.10. The topological polar surface area (TPSA) is 131 Å². The number of phenolic OH excluding ortho intramolecular Hbond substituents is 1. The zero-order chi connectivity index (χ0) is 17.1. The molecule has 0 saturated heterocycles. The van der Waals surface area contributed by atoms with Crippen LogP contribution in [0.2, 0.25) is 0 Å². The van der Waals surface area contributed by atoms with Gasteiger partial charge in [-0.3, -0.25) is 15.0 Å². The van der Waals surface area contributed by atoms with E-state index in [-0.39, 0.29) is 17.0 Å². The van der Waals surface area contributed by atoms with E-state index in [4.69, 9.17) is 5.11 Å². The molecule has 8 heteroatoms. The summed E-state index contributed by atoms with van der Waals surface area (Å²) in [4.78, 5) is 22.7. The van der Waals surface area contributed by atoms with Gasteiger partial charge < -0.3 is 10.2 Å². The molecule has 120 valence electrons. The predicted molar refractivity (Wildman–Crippen MR) is 86.1 cm³/mol. The Morgan fingerprint density at radius 1 is 0.958 bits per heavy atom. The van der Waals surface area contributed by atoms with E-state index in [1.165, 1.54) is 30.3 Å². The van der Waals surface area contributed by atoms with Crippen LogP contribution in [-0.4, -0.2) is 26.4 Å². The number of aromatic amines is 2. The Kier molecular flexibility index (Phi) is 3.94. The van der Waals surface area contributed by atoms with Gasteiger partial charge in [0.05, 0.1) is 16.9 Å². The van der Waals surface area contributed by atoms with E-state index in [0.29, 0.717) is 16.9 Å². The van der Waals surface area contributed by atoms with Gasteiger partial charge in [-0.15, -0.1) is 5.11 Å². The highest BCUT2D eigenvalue weighted by Gasteiger charge is 2.14. The van der Waals surface area contributed by atoms with Gasteiger partial charge in [-0.25, -0.2) is 4.79 Å². The molecule has 24 heavy (non-hydrogen) atoms. The highest BCUT2D eigenvalue weighted by Crippen LogP contribution is 2.32. The van der Waals surface area contributed by atoms with Gasteiger partial charge in [-0.2, -0.15) is 5.11 Å². The minimum absolute atomic E-state index is 0.00462. The first kappa shape index (κ1) is 15.2. The number of aromatic hydroxyl groups is 1.